The summed E-state index contributed by atoms with van der Waals surface area (Å²) in [5.41, 5.74) is 8.82. The molecule has 134 valence electrons. The van der Waals surface area contributed by atoms with E-state index in [0.29, 0.717) is 23.7 Å². The number of hydrogen-bond acceptors (Lipinski definition) is 0. The molecule has 0 amide bonds. The van der Waals surface area contributed by atoms with Gasteiger partial charge in [0.25, 0.3) is 0 Å². The molecule has 0 heteroatoms. The lowest BCUT2D eigenvalue weighted by molar-refractivity contribution is 0.226. The summed E-state index contributed by atoms with van der Waals surface area (Å²) in [7, 11) is 0. The lowest BCUT2D eigenvalue weighted by Crippen LogP contribution is -2.42. The molecule has 4 aromatic rings. The predicted octanol–water partition coefficient (Wildman–Crippen LogP) is 7.12. The van der Waals surface area contributed by atoms with Crippen LogP contribution in [0, 0.1) is 0 Å². The van der Waals surface area contributed by atoms with Crippen LogP contribution in [0.2, 0.25) is 0 Å². The van der Waals surface area contributed by atoms with Crippen LogP contribution in [0.3, 0.4) is 0 Å². The van der Waals surface area contributed by atoms with Gasteiger partial charge in [-0.15, -0.1) is 0 Å². The van der Waals surface area contributed by atoms with E-state index in [-0.39, 0.29) is 0 Å². The molecule has 0 radical (unpaired) electrons. The minimum atomic E-state index is 0.517. The highest BCUT2D eigenvalue weighted by Gasteiger charge is 2.55. The Bertz CT molecular complexity index is 1020. The molecule has 0 aliphatic heterocycles. The minimum Gasteiger partial charge on any atom is -0.0622 e. The Kier molecular flexibility index (Phi) is 3.52. The van der Waals surface area contributed by atoms with Crippen molar-refractivity contribution in [1.29, 1.82) is 0 Å². The first-order valence-electron chi connectivity index (χ1n) is 10.2. The molecule has 0 nitrogen and oxygen atoms in total. The molecule has 1 fully saturated rings. The van der Waals surface area contributed by atoms with Crippen LogP contribution in [0.4, 0.5) is 0 Å². The van der Waals surface area contributed by atoms with Crippen LogP contribution in [-0.4, -0.2) is 0 Å². The summed E-state index contributed by atoms with van der Waals surface area (Å²) < 4.78 is 0. The average molecular weight is 358 g/mol. The number of fused-ring (bicyclic) bond motifs is 6. The molecule has 0 saturated heterocycles. The molecule has 1 saturated carbocycles. The first-order chi connectivity index (χ1) is 13.9. The third-order valence-electron chi connectivity index (χ3n) is 6.85. The molecule has 0 N–H and O–H groups in total. The van der Waals surface area contributed by atoms with E-state index < -0.39 is 0 Å². The molecule has 0 aromatic heterocycles. The van der Waals surface area contributed by atoms with E-state index in [1.54, 1.807) is 0 Å². The van der Waals surface area contributed by atoms with Crippen molar-refractivity contribution < 1.29 is 0 Å². The summed E-state index contributed by atoms with van der Waals surface area (Å²) in [6.45, 7) is 0. The first kappa shape index (κ1) is 15.9. The molecule has 2 aliphatic rings. The topological polar surface area (TPSA) is 0 Å². The summed E-state index contributed by atoms with van der Waals surface area (Å²) >= 11 is 0. The SMILES string of the molecule is c1ccc([C@@H]2[C@H](c3ccccc3)[C@H]3c4ccccc4-c4ccccc4[C@H]23)cc1. The van der Waals surface area contributed by atoms with Gasteiger partial charge in [0.1, 0.15) is 0 Å². The van der Waals surface area contributed by atoms with Gasteiger partial charge >= 0.3 is 0 Å². The third-order valence-corrected chi connectivity index (χ3v) is 6.85. The highest BCUT2D eigenvalue weighted by Crippen LogP contribution is 2.70. The van der Waals surface area contributed by atoms with Gasteiger partial charge in [-0.2, -0.15) is 0 Å². The zero-order chi connectivity index (χ0) is 18.5. The van der Waals surface area contributed by atoms with Gasteiger partial charge in [0.05, 0.1) is 0 Å². The fourth-order valence-corrected chi connectivity index (χ4v) is 5.77. The second-order valence-corrected chi connectivity index (χ2v) is 8.10. The molecule has 6 rings (SSSR count). The van der Waals surface area contributed by atoms with Crippen molar-refractivity contribution in [2.45, 2.75) is 23.7 Å². The molecule has 0 bridgehead atoms. The van der Waals surface area contributed by atoms with Crippen LogP contribution >= 0.6 is 0 Å². The van der Waals surface area contributed by atoms with Gasteiger partial charge in [-0.3, -0.25) is 0 Å². The van der Waals surface area contributed by atoms with Gasteiger partial charge in [0.2, 0.25) is 0 Å². The van der Waals surface area contributed by atoms with E-state index in [1.807, 2.05) is 0 Å². The fourth-order valence-electron chi connectivity index (χ4n) is 5.77. The number of rotatable bonds is 2. The first-order valence-corrected chi connectivity index (χ1v) is 10.2. The Hall–Kier alpha value is -3.12. The van der Waals surface area contributed by atoms with E-state index in [1.165, 1.54) is 33.4 Å². The van der Waals surface area contributed by atoms with Gasteiger partial charge in [-0.1, -0.05) is 109 Å². The smallest absolute Gasteiger partial charge is 0.000568 e. The molecule has 28 heavy (non-hydrogen) atoms. The Morgan fingerprint density at radius 1 is 0.321 bits per heavy atom. The highest BCUT2D eigenvalue weighted by atomic mass is 14.6. The molecule has 2 aliphatic carbocycles. The largest absolute Gasteiger partial charge is 0.0622 e. The zero-order valence-electron chi connectivity index (χ0n) is 15.7. The number of benzene rings is 4. The predicted molar refractivity (Wildman–Crippen MR) is 116 cm³/mol. The van der Waals surface area contributed by atoms with Crippen LogP contribution in [0.5, 0.6) is 0 Å². The standard InChI is InChI=1S/C28H22/c1-3-11-19(12-4-1)25-26(20-13-5-2-6-14-20)28-24-18-10-8-16-22(24)21-15-7-9-17-23(21)27(25)28/h1-18,25-28H/t25-,26+,27-,28-/m1/s1. The normalized spacial score (nSPS) is 24.4. The van der Waals surface area contributed by atoms with Crippen LogP contribution in [-0.2, 0) is 0 Å². The Balaban J connectivity index is 1.60. The van der Waals surface area contributed by atoms with Gasteiger partial charge in [-0.05, 0) is 57.1 Å². The summed E-state index contributed by atoms with van der Waals surface area (Å²) in [4.78, 5) is 0. The van der Waals surface area contributed by atoms with Crippen LogP contribution < -0.4 is 0 Å². The second-order valence-electron chi connectivity index (χ2n) is 8.10. The lowest BCUT2D eigenvalue weighted by Gasteiger charge is -2.56. The second kappa shape index (κ2) is 6.21. The molecular weight excluding hydrogens is 336 g/mol. The summed E-state index contributed by atoms with van der Waals surface area (Å²) in [6, 6.07) is 40.4. The number of hydrogen-bond donors (Lipinski definition) is 0. The maximum Gasteiger partial charge on any atom is -0.000568 e. The zero-order valence-corrected chi connectivity index (χ0v) is 15.7. The van der Waals surface area contributed by atoms with Crippen molar-refractivity contribution in [1.82, 2.24) is 0 Å². The molecule has 4 aromatic carbocycles. The van der Waals surface area contributed by atoms with Gasteiger partial charge in [0.15, 0.2) is 0 Å². The van der Waals surface area contributed by atoms with Crippen LogP contribution in [0.1, 0.15) is 45.9 Å². The molecule has 0 unspecified atom stereocenters. The summed E-state index contributed by atoms with van der Waals surface area (Å²) in [5.74, 6) is 2.11. The average Bonchev–Trinajstić information content (AvgIpc) is 2.75. The monoisotopic (exact) mass is 358 g/mol. The van der Waals surface area contributed by atoms with Crippen LogP contribution in [0.15, 0.2) is 109 Å². The van der Waals surface area contributed by atoms with Gasteiger partial charge in [-0.25, -0.2) is 0 Å². The third kappa shape index (κ3) is 2.18. The van der Waals surface area contributed by atoms with E-state index in [2.05, 4.69) is 109 Å². The molecule has 0 spiro atoms. The van der Waals surface area contributed by atoms with E-state index >= 15 is 0 Å². The van der Waals surface area contributed by atoms with Crippen molar-refractivity contribution in [2.24, 2.45) is 0 Å². The summed E-state index contributed by atoms with van der Waals surface area (Å²) in [5, 5.41) is 0. The molecule has 0 heterocycles. The quantitative estimate of drug-likeness (QED) is 0.358. The van der Waals surface area contributed by atoms with Gasteiger partial charge in [0, 0.05) is 0 Å². The van der Waals surface area contributed by atoms with Crippen molar-refractivity contribution in [2.75, 3.05) is 0 Å². The van der Waals surface area contributed by atoms with Crippen LogP contribution in [0.25, 0.3) is 11.1 Å². The van der Waals surface area contributed by atoms with Crippen molar-refractivity contribution in [3.63, 3.8) is 0 Å². The minimum absolute atomic E-state index is 0.517. The van der Waals surface area contributed by atoms with Crippen molar-refractivity contribution in [3.8, 4) is 11.1 Å². The van der Waals surface area contributed by atoms with Gasteiger partial charge < -0.3 is 0 Å². The van der Waals surface area contributed by atoms with Crippen molar-refractivity contribution >= 4 is 0 Å². The maximum absolute atomic E-state index is 2.36. The maximum atomic E-state index is 2.36. The summed E-state index contributed by atoms with van der Waals surface area (Å²) in [6.07, 6.45) is 0. The van der Waals surface area contributed by atoms with E-state index in [0.717, 1.165) is 0 Å². The van der Waals surface area contributed by atoms with Crippen molar-refractivity contribution in [3.05, 3.63) is 131 Å². The molecule has 4 atom stereocenters. The fraction of sp³-hybridized carbons (Fsp3) is 0.143. The highest BCUT2D eigenvalue weighted by molar-refractivity contribution is 5.77. The Morgan fingerprint density at radius 3 is 1.11 bits per heavy atom. The Labute approximate surface area is 166 Å². The van der Waals surface area contributed by atoms with E-state index in [9.17, 15) is 0 Å². The Morgan fingerprint density at radius 2 is 0.679 bits per heavy atom. The lowest BCUT2D eigenvalue weighted by atomic mass is 9.46. The molecular formula is C28H22. The van der Waals surface area contributed by atoms with E-state index in [4.69, 9.17) is 0 Å².